The molecule has 28 heavy (non-hydrogen) atoms. The maximum Gasteiger partial charge on any atom is 0.527 e. The zero-order valence-corrected chi connectivity index (χ0v) is 15.3. The van der Waals surface area contributed by atoms with Gasteiger partial charge in [0, 0.05) is 17.5 Å². The van der Waals surface area contributed by atoms with Gasteiger partial charge in [0.2, 0.25) is 0 Å². The summed E-state index contributed by atoms with van der Waals surface area (Å²) in [5, 5.41) is 49.2. The monoisotopic (exact) mass is 418 g/mol. The number of phosphoric acid groups is 1. The summed E-state index contributed by atoms with van der Waals surface area (Å²) in [5.74, 6) is -0.215. The molecule has 11 nitrogen and oxygen atoms in total. The van der Waals surface area contributed by atoms with Crippen LogP contribution in [-0.2, 0) is 9.09 Å². The number of fused-ring (bicyclic) bond motifs is 1. The smallest absolute Gasteiger partial charge is 0.423 e. The van der Waals surface area contributed by atoms with Crippen molar-refractivity contribution < 1.29 is 48.5 Å². The first-order chi connectivity index (χ1) is 13.0. The lowest BCUT2D eigenvalue weighted by Crippen LogP contribution is -2.64. The molecule has 0 spiro atoms. The summed E-state index contributed by atoms with van der Waals surface area (Å²) >= 11 is 0. The first kappa shape index (κ1) is 20.9. The molecule has 0 bridgehead atoms. The Morgan fingerprint density at radius 1 is 0.964 bits per heavy atom. The van der Waals surface area contributed by atoms with Gasteiger partial charge in [0.15, 0.2) is 0 Å². The van der Waals surface area contributed by atoms with Crippen molar-refractivity contribution in [1.29, 1.82) is 0 Å². The highest BCUT2D eigenvalue weighted by Crippen LogP contribution is 2.47. The minimum Gasteiger partial charge on any atom is -0.423 e. The molecular formula is C16H19O11P. The summed E-state index contributed by atoms with van der Waals surface area (Å²) in [7, 11) is -4.98. The molecule has 3 rings (SSSR count). The third-order valence-corrected chi connectivity index (χ3v) is 5.42. The van der Waals surface area contributed by atoms with E-state index in [4.69, 9.17) is 13.5 Å². The van der Waals surface area contributed by atoms with Crippen molar-refractivity contribution in [2.24, 2.45) is 0 Å². The Labute approximate surface area is 157 Å². The summed E-state index contributed by atoms with van der Waals surface area (Å²) in [4.78, 5) is 21.4. The van der Waals surface area contributed by atoms with Gasteiger partial charge in [0.1, 0.15) is 48.0 Å². The molecule has 1 saturated carbocycles. The van der Waals surface area contributed by atoms with Gasteiger partial charge in [-0.3, -0.25) is 9.42 Å². The Hall–Kier alpha value is -1.82. The number of phosphoric ester groups is 1. The predicted molar refractivity (Wildman–Crippen MR) is 92.6 cm³/mol. The van der Waals surface area contributed by atoms with Crippen molar-refractivity contribution in [3.8, 4) is 5.75 Å². The van der Waals surface area contributed by atoms with E-state index in [1.165, 1.54) is 24.3 Å². The zero-order valence-electron chi connectivity index (χ0n) is 14.4. The molecule has 1 aromatic carbocycles. The van der Waals surface area contributed by atoms with E-state index in [0.717, 1.165) is 0 Å². The van der Waals surface area contributed by atoms with Crippen LogP contribution in [0.5, 0.6) is 5.75 Å². The topological polar surface area (TPSA) is 187 Å². The van der Waals surface area contributed by atoms with E-state index in [2.05, 4.69) is 0 Å². The Balaban J connectivity index is 1.83. The van der Waals surface area contributed by atoms with Gasteiger partial charge < -0.3 is 34.5 Å². The van der Waals surface area contributed by atoms with Crippen LogP contribution < -0.4 is 10.1 Å². The number of hydrogen-bond acceptors (Lipinski definition) is 10. The lowest BCUT2D eigenvalue weighted by atomic mass is 9.85. The quantitative estimate of drug-likeness (QED) is 0.258. The standard InChI is InChI=1S/C16H19O11P/c1-6-4-10(17)25-9-5-7(2-3-8(6)9)26-28(23,24)27-16-14(21)12(19)11(18)13(20)15(16)22/h2-5,11-16,18-22H,1H3,(H,23,24)/t11?,12-,13-,14-,15+,16?/m1/s1. The highest BCUT2D eigenvalue weighted by Gasteiger charge is 2.51. The van der Waals surface area contributed by atoms with Gasteiger partial charge in [-0.2, -0.15) is 0 Å². The van der Waals surface area contributed by atoms with Crippen molar-refractivity contribution >= 4 is 18.8 Å². The molecule has 2 aromatic rings. The van der Waals surface area contributed by atoms with E-state index in [9.17, 15) is 39.8 Å². The molecule has 3 unspecified atom stereocenters. The summed E-state index contributed by atoms with van der Waals surface area (Å²) in [5.41, 5.74) is 0.0889. The Bertz CT molecular complexity index is 957. The second-order valence-electron chi connectivity index (χ2n) is 6.49. The molecule has 1 fully saturated rings. The van der Waals surface area contributed by atoms with Gasteiger partial charge >= 0.3 is 13.4 Å². The number of benzene rings is 1. The fourth-order valence-electron chi connectivity index (χ4n) is 2.99. The van der Waals surface area contributed by atoms with Crippen molar-refractivity contribution in [2.75, 3.05) is 0 Å². The molecule has 0 amide bonds. The SMILES string of the molecule is Cc1cc(=O)oc2cc(OP(=O)(O)OC3[C@@H](O)[C@H](O)C(O)[C@@H](O)[C@H]3O)ccc12. The lowest BCUT2D eigenvalue weighted by Gasteiger charge is -2.41. The number of rotatable bonds is 4. The molecule has 0 radical (unpaired) electrons. The zero-order chi connectivity index (χ0) is 20.8. The van der Waals surface area contributed by atoms with Gasteiger partial charge in [-0.15, -0.1) is 0 Å². The van der Waals surface area contributed by atoms with Crippen LogP contribution in [0.15, 0.2) is 33.5 Å². The largest absolute Gasteiger partial charge is 0.527 e. The molecule has 12 heteroatoms. The van der Waals surface area contributed by atoms with Crippen molar-refractivity contribution in [1.82, 2.24) is 0 Å². The molecule has 7 atom stereocenters. The van der Waals surface area contributed by atoms with Crippen LogP contribution in [-0.4, -0.2) is 67.0 Å². The average Bonchev–Trinajstić information content (AvgIpc) is 2.61. The number of aryl methyl sites for hydroxylation is 1. The van der Waals surface area contributed by atoms with Crippen LogP contribution in [0.25, 0.3) is 11.0 Å². The summed E-state index contributed by atoms with van der Waals surface area (Å²) in [6, 6.07) is 5.25. The van der Waals surface area contributed by atoms with Crippen LogP contribution in [0, 0.1) is 6.92 Å². The summed E-state index contributed by atoms with van der Waals surface area (Å²) < 4.78 is 26.9. The van der Waals surface area contributed by atoms with Crippen molar-refractivity contribution in [3.63, 3.8) is 0 Å². The highest BCUT2D eigenvalue weighted by molar-refractivity contribution is 7.47. The van der Waals surface area contributed by atoms with E-state index >= 15 is 0 Å². The van der Waals surface area contributed by atoms with Crippen LogP contribution in [0.2, 0.25) is 0 Å². The van der Waals surface area contributed by atoms with Gasteiger partial charge in [-0.05, 0) is 24.6 Å². The van der Waals surface area contributed by atoms with E-state index in [0.29, 0.717) is 10.9 Å². The van der Waals surface area contributed by atoms with E-state index in [1.54, 1.807) is 6.92 Å². The molecule has 6 N–H and O–H groups in total. The normalized spacial score (nSPS) is 32.8. The van der Waals surface area contributed by atoms with Crippen molar-refractivity contribution in [3.05, 3.63) is 40.2 Å². The second-order valence-corrected chi connectivity index (χ2v) is 7.82. The Morgan fingerprint density at radius 2 is 1.54 bits per heavy atom. The Morgan fingerprint density at radius 3 is 2.14 bits per heavy atom. The van der Waals surface area contributed by atoms with Gasteiger partial charge in [0.25, 0.3) is 0 Å². The fraction of sp³-hybridized carbons (Fsp3) is 0.438. The van der Waals surface area contributed by atoms with E-state index in [1.807, 2.05) is 0 Å². The van der Waals surface area contributed by atoms with Crippen LogP contribution in [0.4, 0.5) is 0 Å². The maximum atomic E-state index is 12.3. The third kappa shape index (κ3) is 3.97. The summed E-state index contributed by atoms with van der Waals surface area (Å²) in [6.45, 7) is 1.68. The van der Waals surface area contributed by atoms with E-state index < -0.39 is 50.1 Å². The van der Waals surface area contributed by atoms with Crippen LogP contribution in [0.1, 0.15) is 5.56 Å². The van der Waals surface area contributed by atoms with Crippen LogP contribution in [0.3, 0.4) is 0 Å². The van der Waals surface area contributed by atoms with Gasteiger partial charge in [0.05, 0.1) is 0 Å². The van der Waals surface area contributed by atoms with Gasteiger partial charge in [-0.1, -0.05) is 0 Å². The molecule has 1 aromatic heterocycles. The fourth-order valence-corrected chi connectivity index (χ4v) is 3.97. The van der Waals surface area contributed by atoms with Crippen LogP contribution >= 0.6 is 7.82 Å². The van der Waals surface area contributed by atoms with Crippen molar-refractivity contribution in [2.45, 2.75) is 43.5 Å². The summed E-state index contributed by atoms with van der Waals surface area (Å²) in [6.07, 6.45) is -11.6. The number of aliphatic hydroxyl groups excluding tert-OH is 5. The average molecular weight is 418 g/mol. The molecule has 1 heterocycles. The molecule has 1 aliphatic rings. The molecular weight excluding hydrogens is 399 g/mol. The first-order valence-electron chi connectivity index (χ1n) is 8.16. The second kappa shape index (κ2) is 7.54. The molecule has 0 aliphatic heterocycles. The minimum atomic E-state index is -4.98. The Kier molecular flexibility index (Phi) is 5.63. The highest BCUT2D eigenvalue weighted by atomic mass is 31.2. The molecule has 154 valence electrons. The van der Waals surface area contributed by atoms with Gasteiger partial charge in [-0.25, -0.2) is 9.36 Å². The predicted octanol–water partition coefficient (Wildman–Crippen LogP) is -1.22. The number of aliphatic hydroxyl groups is 5. The third-order valence-electron chi connectivity index (χ3n) is 4.47. The molecule has 0 saturated heterocycles. The first-order valence-corrected chi connectivity index (χ1v) is 9.65. The minimum absolute atomic E-state index is 0.0919. The number of hydrogen-bond donors (Lipinski definition) is 6. The van der Waals surface area contributed by atoms with E-state index in [-0.39, 0.29) is 11.3 Å². The molecule has 1 aliphatic carbocycles. The maximum absolute atomic E-state index is 12.3. The lowest BCUT2D eigenvalue weighted by molar-refractivity contribution is -0.219.